The highest BCUT2D eigenvalue weighted by Gasteiger charge is 2.04. The third-order valence-electron chi connectivity index (χ3n) is 2.65. The molecule has 0 aliphatic rings. The molecular formula is C13H11N3O. The first-order valence-corrected chi connectivity index (χ1v) is 5.38. The fraction of sp³-hybridized carbons (Fsp3) is 0.0769. The Labute approximate surface area is 98.2 Å². The molecule has 1 aromatic carbocycles. The molecule has 0 saturated carbocycles. The lowest BCUT2D eigenvalue weighted by molar-refractivity contribution is 0.277. The van der Waals surface area contributed by atoms with Crippen molar-refractivity contribution in [2.24, 2.45) is 0 Å². The minimum absolute atomic E-state index is 0.0551. The van der Waals surface area contributed by atoms with Gasteiger partial charge < -0.3 is 5.11 Å². The summed E-state index contributed by atoms with van der Waals surface area (Å²) in [5, 5.41) is 9.09. The summed E-state index contributed by atoms with van der Waals surface area (Å²) in [5.74, 6) is 0.769. The van der Waals surface area contributed by atoms with Gasteiger partial charge in [-0.1, -0.05) is 18.2 Å². The van der Waals surface area contributed by atoms with Crippen LogP contribution in [-0.4, -0.2) is 19.6 Å². The van der Waals surface area contributed by atoms with Crippen LogP contribution in [0.5, 0.6) is 0 Å². The Morgan fingerprint density at radius 3 is 2.82 bits per heavy atom. The van der Waals surface area contributed by atoms with E-state index in [4.69, 9.17) is 5.11 Å². The zero-order valence-electron chi connectivity index (χ0n) is 9.11. The van der Waals surface area contributed by atoms with E-state index in [2.05, 4.69) is 9.97 Å². The van der Waals surface area contributed by atoms with Crippen LogP contribution < -0.4 is 0 Å². The number of pyridine rings is 1. The van der Waals surface area contributed by atoms with Gasteiger partial charge in [-0.15, -0.1) is 0 Å². The van der Waals surface area contributed by atoms with Crippen LogP contribution in [0, 0.1) is 0 Å². The molecule has 0 atom stereocenters. The van der Waals surface area contributed by atoms with E-state index in [1.54, 1.807) is 12.4 Å². The molecule has 0 saturated heterocycles. The van der Waals surface area contributed by atoms with E-state index in [0.717, 1.165) is 16.9 Å². The van der Waals surface area contributed by atoms with Crippen LogP contribution in [0.25, 0.3) is 16.9 Å². The summed E-state index contributed by atoms with van der Waals surface area (Å²) in [6.45, 7) is -0.0551. The highest BCUT2D eigenvalue weighted by Crippen LogP contribution is 2.16. The summed E-state index contributed by atoms with van der Waals surface area (Å²) in [5.41, 5.74) is 2.60. The van der Waals surface area contributed by atoms with Crippen LogP contribution >= 0.6 is 0 Å². The Bertz CT molecular complexity index is 660. The monoisotopic (exact) mass is 225 g/mol. The number of aliphatic hydroxyl groups is 1. The summed E-state index contributed by atoms with van der Waals surface area (Å²) < 4.78 is 1.91. The third kappa shape index (κ3) is 1.68. The number of aromatic nitrogens is 3. The van der Waals surface area contributed by atoms with Gasteiger partial charge in [0.15, 0.2) is 0 Å². The summed E-state index contributed by atoms with van der Waals surface area (Å²) >= 11 is 0. The summed E-state index contributed by atoms with van der Waals surface area (Å²) in [6.07, 6.45) is 1.74. The second-order valence-electron chi connectivity index (χ2n) is 3.75. The molecule has 0 spiro atoms. The zero-order chi connectivity index (χ0) is 11.7. The van der Waals surface area contributed by atoms with Crippen molar-refractivity contribution in [2.75, 3.05) is 0 Å². The van der Waals surface area contributed by atoms with Gasteiger partial charge in [0.1, 0.15) is 12.1 Å². The van der Waals surface area contributed by atoms with Gasteiger partial charge in [0.05, 0.1) is 23.3 Å². The Morgan fingerprint density at radius 1 is 1.06 bits per heavy atom. The van der Waals surface area contributed by atoms with Gasteiger partial charge in [-0.05, 0) is 24.3 Å². The number of hydrogen-bond donors (Lipinski definition) is 1. The minimum atomic E-state index is -0.0551. The van der Waals surface area contributed by atoms with Crippen molar-refractivity contribution in [2.45, 2.75) is 6.61 Å². The van der Waals surface area contributed by atoms with Gasteiger partial charge in [-0.3, -0.25) is 4.57 Å². The van der Waals surface area contributed by atoms with Crippen LogP contribution in [0.15, 0.2) is 48.8 Å². The van der Waals surface area contributed by atoms with Crippen LogP contribution in [0.4, 0.5) is 0 Å². The van der Waals surface area contributed by atoms with Crippen molar-refractivity contribution in [3.8, 4) is 5.82 Å². The number of imidazole rings is 1. The highest BCUT2D eigenvalue weighted by atomic mass is 16.3. The topological polar surface area (TPSA) is 50.9 Å². The Hall–Kier alpha value is -2.20. The summed E-state index contributed by atoms with van der Waals surface area (Å²) in [4.78, 5) is 8.67. The second kappa shape index (κ2) is 3.99. The number of rotatable bonds is 2. The normalized spacial score (nSPS) is 10.9. The van der Waals surface area contributed by atoms with Gasteiger partial charge in [0.25, 0.3) is 0 Å². The largest absolute Gasteiger partial charge is 0.390 e. The number of para-hydroxylation sites is 2. The molecule has 0 aliphatic carbocycles. The second-order valence-corrected chi connectivity index (χ2v) is 3.75. The van der Waals surface area contributed by atoms with Gasteiger partial charge in [-0.2, -0.15) is 0 Å². The fourth-order valence-electron chi connectivity index (χ4n) is 1.83. The minimum Gasteiger partial charge on any atom is -0.390 e. The van der Waals surface area contributed by atoms with Crippen molar-refractivity contribution in [3.63, 3.8) is 0 Å². The van der Waals surface area contributed by atoms with E-state index in [9.17, 15) is 0 Å². The average molecular weight is 225 g/mol. The number of hydrogen-bond acceptors (Lipinski definition) is 3. The maximum Gasteiger partial charge on any atom is 0.138 e. The Balaban J connectivity index is 2.20. The first-order valence-electron chi connectivity index (χ1n) is 5.38. The van der Waals surface area contributed by atoms with E-state index >= 15 is 0 Å². The van der Waals surface area contributed by atoms with Crippen molar-refractivity contribution in [1.29, 1.82) is 0 Å². The molecule has 3 aromatic rings. The number of benzene rings is 1. The summed E-state index contributed by atoms with van der Waals surface area (Å²) in [6, 6.07) is 13.4. The molecule has 0 amide bonds. The number of fused-ring (bicyclic) bond motifs is 1. The van der Waals surface area contributed by atoms with E-state index in [-0.39, 0.29) is 6.61 Å². The Morgan fingerprint density at radius 2 is 1.94 bits per heavy atom. The van der Waals surface area contributed by atoms with Gasteiger partial charge in [0.2, 0.25) is 0 Å². The third-order valence-corrected chi connectivity index (χ3v) is 2.65. The number of aliphatic hydroxyl groups excluding tert-OH is 1. The van der Waals surface area contributed by atoms with E-state index in [1.165, 1.54) is 0 Å². The predicted molar refractivity (Wildman–Crippen MR) is 64.8 cm³/mol. The Kier molecular flexibility index (Phi) is 2.34. The van der Waals surface area contributed by atoms with Crippen molar-refractivity contribution in [1.82, 2.24) is 14.5 Å². The molecule has 17 heavy (non-hydrogen) atoms. The molecule has 0 aliphatic heterocycles. The molecule has 0 fully saturated rings. The number of nitrogens with zero attached hydrogens (tertiary/aromatic N) is 3. The maximum atomic E-state index is 9.09. The maximum absolute atomic E-state index is 9.09. The van der Waals surface area contributed by atoms with E-state index < -0.39 is 0 Å². The molecule has 4 nitrogen and oxygen atoms in total. The standard InChI is InChI=1S/C13H11N3O/c17-8-10-4-3-7-13(15-10)16-9-14-11-5-1-2-6-12(11)16/h1-7,9,17H,8H2. The van der Waals surface area contributed by atoms with Crippen molar-refractivity contribution in [3.05, 3.63) is 54.5 Å². The smallest absolute Gasteiger partial charge is 0.138 e. The summed E-state index contributed by atoms with van der Waals surface area (Å²) in [7, 11) is 0. The van der Waals surface area contributed by atoms with Crippen molar-refractivity contribution >= 4 is 11.0 Å². The van der Waals surface area contributed by atoms with Crippen LogP contribution in [0.1, 0.15) is 5.69 Å². The molecule has 1 N–H and O–H groups in total. The predicted octanol–water partition coefficient (Wildman–Crippen LogP) is 1.91. The highest BCUT2D eigenvalue weighted by molar-refractivity contribution is 5.76. The molecule has 3 rings (SSSR count). The lowest BCUT2D eigenvalue weighted by Gasteiger charge is -2.04. The lowest BCUT2D eigenvalue weighted by atomic mass is 10.3. The fourth-order valence-corrected chi connectivity index (χ4v) is 1.83. The van der Waals surface area contributed by atoms with Gasteiger partial charge >= 0.3 is 0 Å². The quantitative estimate of drug-likeness (QED) is 0.724. The van der Waals surface area contributed by atoms with Crippen LogP contribution in [0.2, 0.25) is 0 Å². The molecule has 84 valence electrons. The van der Waals surface area contributed by atoms with Gasteiger partial charge in [-0.25, -0.2) is 9.97 Å². The first-order chi connectivity index (χ1) is 8.38. The van der Waals surface area contributed by atoms with E-state index in [0.29, 0.717) is 5.69 Å². The SMILES string of the molecule is OCc1cccc(-n2cnc3ccccc32)n1. The van der Waals surface area contributed by atoms with Crippen LogP contribution in [-0.2, 0) is 6.61 Å². The average Bonchev–Trinajstić information content (AvgIpc) is 2.82. The molecule has 0 radical (unpaired) electrons. The van der Waals surface area contributed by atoms with E-state index in [1.807, 2.05) is 41.0 Å². The van der Waals surface area contributed by atoms with Gasteiger partial charge in [0, 0.05) is 0 Å². The van der Waals surface area contributed by atoms with Crippen molar-refractivity contribution < 1.29 is 5.11 Å². The molecule has 0 unspecified atom stereocenters. The molecule has 2 aromatic heterocycles. The molecule has 2 heterocycles. The first kappa shape index (κ1) is 9.99. The zero-order valence-corrected chi connectivity index (χ0v) is 9.11. The molecule has 0 bridgehead atoms. The van der Waals surface area contributed by atoms with Crippen LogP contribution in [0.3, 0.4) is 0 Å². The molecular weight excluding hydrogens is 214 g/mol. The lowest BCUT2D eigenvalue weighted by Crippen LogP contribution is -1.98. The molecule has 4 heteroatoms.